The van der Waals surface area contributed by atoms with Crippen LogP contribution in [0.25, 0.3) is 16.6 Å². The number of carbonyl (C=O) groups is 2. The Kier molecular flexibility index (Phi) is 6.47. The van der Waals surface area contributed by atoms with Crippen LogP contribution in [0.2, 0.25) is 0 Å². The molecule has 2 aromatic carbocycles. The van der Waals surface area contributed by atoms with E-state index in [-0.39, 0.29) is 11.7 Å². The van der Waals surface area contributed by atoms with Crippen molar-refractivity contribution in [3.63, 3.8) is 0 Å². The molecule has 0 radical (unpaired) electrons. The second-order valence-corrected chi connectivity index (χ2v) is 8.69. The maximum absolute atomic E-state index is 12.8. The Morgan fingerprint density at radius 1 is 1.00 bits per heavy atom. The number of fused-ring (bicyclic) bond motifs is 1. The smallest absolute Gasteiger partial charge is 0.373 e. The van der Waals surface area contributed by atoms with E-state index in [1.54, 1.807) is 24.4 Å². The number of furan rings is 1. The first-order valence-corrected chi connectivity index (χ1v) is 11.8. The highest BCUT2D eigenvalue weighted by atomic mass is 16.5. The van der Waals surface area contributed by atoms with Crippen molar-refractivity contribution in [2.75, 3.05) is 7.11 Å². The maximum atomic E-state index is 12.8. The first-order chi connectivity index (χ1) is 17.9. The zero-order valence-corrected chi connectivity index (χ0v) is 20.8. The van der Waals surface area contributed by atoms with E-state index in [1.807, 2.05) is 79.2 Å². The van der Waals surface area contributed by atoms with E-state index >= 15 is 0 Å². The molecule has 1 amide bonds. The molecule has 0 saturated heterocycles. The van der Waals surface area contributed by atoms with Crippen LogP contribution in [0.5, 0.6) is 0 Å². The number of methoxy groups -OCH3 is 1. The average molecular weight is 495 g/mol. The predicted octanol–water partition coefficient (Wildman–Crippen LogP) is 5.24. The zero-order chi connectivity index (χ0) is 25.9. The molecule has 8 heteroatoms. The molecule has 0 saturated carbocycles. The molecule has 0 aliphatic heterocycles. The predicted molar refractivity (Wildman–Crippen MR) is 141 cm³/mol. The topological polar surface area (TPSA) is 90.8 Å². The van der Waals surface area contributed by atoms with Gasteiger partial charge in [0.2, 0.25) is 5.76 Å². The quantitative estimate of drug-likeness (QED) is 0.190. The first kappa shape index (κ1) is 23.9. The van der Waals surface area contributed by atoms with Crippen molar-refractivity contribution in [1.82, 2.24) is 14.6 Å². The van der Waals surface area contributed by atoms with Crippen molar-refractivity contribution < 1.29 is 18.7 Å². The minimum Gasteiger partial charge on any atom is -0.463 e. The van der Waals surface area contributed by atoms with Gasteiger partial charge in [-0.05, 0) is 62.4 Å². The number of benzene rings is 2. The lowest BCUT2D eigenvalue weighted by Crippen LogP contribution is -2.18. The van der Waals surface area contributed by atoms with E-state index < -0.39 is 5.97 Å². The van der Waals surface area contributed by atoms with E-state index in [9.17, 15) is 9.59 Å². The van der Waals surface area contributed by atoms with Crippen molar-refractivity contribution in [1.29, 1.82) is 0 Å². The number of aromatic nitrogens is 2. The molecule has 5 rings (SSSR count). The summed E-state index contributed by atoms with van der Waals surface area (Å²) < 4.78 is 14.4. The van der Waals surface area contributed by atoms with Gasteiger partial charge in [-0.25, -0.2) is 10.2 Å². The molecule has 8 nitrogen and oxygen atoms in total. The van der Waals surface area contributed by atoms with Crippen LogP contribution in [0.1, 0.15) is 43.6 Å². The fourth-order valence-corrected chi connectivity index (χ4v) is 4.44. The van der Waals surface area contributed by atoms with Gasteiger partial charge in [0.15, 0.2) is 0 Å². The van der Waals surface area contributed by atoms with Crippen LogP contribution in [-0.4, -0.2) is 34.3 Å². The van der Waals surface area contributed by atoms with Crippen LogP contribution in [0, 0.1) is 13.8 Å². The number of rotatable bonds is 7. The van der Waals surface area contributed by atoms with Crippen LogP contribution in [0.3, 0.4) is 0 Å². The van der Waals surface area contributed by atoms with Gasteiger partial charge >= 0.3 is 5.97 Å². The molecule has 0 fully saturated rings. The van der Waals surface area contributed by atoms with Gasteiger partial charge in [-0.3, -0.25) is 4.79 Å². The number of aryl methyl sites for hydroxylation is 2. The minimum absolute atomic E-state index is 0.157. The second-order valence-electron chi connectivity index (χ2n) is 8.69. The largest absolute Gasteiger partial charge is 0.463 e. The third kappa shape index (κ3) is 4.81. The number of hydrazone groups is 1. The molecule has 3 aromatic heterocycles. The Bertz CT molecular complexity index is 1620. The molecule has 0 bridgehead atoms. The number of hydrogen-bond donors (Lipinski definition) is 1. The SMILES string of the molecule is COC(=O)c1ccc(Cn2cc(/C=N\NC(=O)c3cccc(-n4c(C)ccc4C)c3)c3ccccc32)o1. The summed E-state index contributed by atoms with van der Waals surface area (Å²) in [6.45, 7) is 4.48. The van der Waals surface area contributed by atoms with Gasteiger partial charge in [-0.15, -0.1) is 0 Å². The van der Waals surface area contributed by atoms with Crippen molar-refractivity contribution >= 4 is 29.0 Å². The third-order valence-electron chi connectivity index (χ3n) is 6.20. The van der Waals surface area contributed by atoms with Gasteiger partial charge in [-0.2, -0.15) is 5.10 Å². The molecule has 1 N–H and O–H groups in total. The van der Waals surface area contributed by atoms with E-state index in [0.29, 0.717) is 17.9 Å². The van der Waals surface area contributed by atoms with Crippen LogP contribution in [-0.2, 0) is 11.3 Å². The highest BCUT2D eigenvalue weighted by Crippen LogP contribution is 2.22. The molecular weight excluding hydrogens is 468 g/mol. The molecule has 3 heterocycles. The van der Waals surface area contributed by atoms with Gasteiger partial charge in [0.25, 0.3) is 5.91 Å². The summed E-state index contributed by atoms with van der Waals surface area (Å²) in [6.07, 6.45) is 3.56. The van der Waals surface area contributed by atoms with E-state index in [1.165, 1.54) is 7.11 Å². The van der Waals surface area contributed by atoms with Gasteiger partial charge in [0.1, 0.15) is 5.76 Å². The summed E-state index contributed by atoms with van der Waals surface area (Å²) in [7, 11) is 1.31. The highest BCUT2D eigenvalue weighted by molar-refractivity contribution is 6.00. The molecule has 0 spiro atoms. The summed E-state index contributed by atoms with van der Waals surface area (Å²) in [4.78, 5) is 24.5. The van der Waals surface area contributed by atoms with Crippen LogP contribution in [0.15, 0.2) is 88.5 Å². The van der Waals surface area contributed by atoms with Crippen LogP contribution in [0.4, 0.5) is 0 Å². The Morgan fingerprint density at radius 2 is 1.78 bits per heavy atom. The van der Waals surface area contributed by atoms with Gasteiger partial charge in [-0.1, -0.05) is 24.3 Å². The molecule has 5 aromatic rings. The number of hydrogen-bond acceptors (Lipinski definition) is 5. The monoisotopic (exact) mass is 494 g/mol. The number of para-hydroxylation sites is 1. The summed E-state index contributed by atoms with van der Waals surface area (Å²) in [5.41, 5.74) is 8.08. The van der Waals surface area contributed by atoms with E-state index in [4.69, 9.17) is 9.15 Å². The number of nitrogens with one attached hydrogen (secondary N) is 1. The lowest BCUT2D eigenvalue weighted by molar-refractivity contribution is 0.0562. The van der Waals surface area contributed by atoms with Gasteiger partial charge in [0, 0.05) is 45.3 Å². The normalized spacial score (nSPS) is 11.3. The van der Waals surface area contributed by atoms with Crippen molar-refractivity contribution in [2.24, 2.45) is 5.10 Å². The number of ether oxygens (including phenoxy) is 1. The molecule has 0 aliphatic rings. The molecule has 0 unspecified atom stereocenters. The summed E-state index contributed by atoms with van der Waals surface area (Å²) >= 11 is 0. The summed E-state index contributed by atoms with van der Waals surface area (Å²) in [5, 5.41) is 5.20. The standard InChI is InChI=1S/C29H26N4O4/c1-19-11-12-20(2)33(19)23-8-6-7-21(15-23)28(34)31-30-16-22-17-32(26-10-5-4-9-25(22)26)18-24-13-14-27(37-24)29(35)36-3/h4-17H,18H2,1-3H3,(H,31,34)/b30-16-. The lowest BCUT2D eigenvalue weighted by Gasteiger charge is -2.10. The zero-order valence-electron chi connectivity index (χ0n) is 20.8. The van der Waals surface area contributed by atoms with Crippen LogP contribution >= 0.6 is 0 Å². The van der Waals surface area contributed by atoms with E-state index in [0.717, 1.165) is 33.5 Å². The van der Waals surface area contributed by atoms with Crippen molar-refractivity contribution in [3.05, 3.63) is 113 Å². The Morgan fingerprint density at radius 3 is 2.57 bits per heavy atom. The van der Waals surface area contributed by atoms with Crippen LogP contribution < -0.4 is 5.43 Å². The molecule has 0 aliphatic carbocycles. The molecule has 37 heavy (non-hydrogen) atoms. The second kappa shape index (κ2) is 10.0. The number of carbonyl (C=O) groups excluding carboxylic acids is 2. The molecule has 0 atom stereocenters. The number of amides is 1. The average Bonchev–Trinajstić information content (AvgIpc) is 3.61. The van der Waals surface area contributed by atoms with Gasteiger partial charge < -0.3 is 18.3 Å². The fraction of sp³-hybridized carbons (Fsp3) is 0.138. The molecular formula is C29H26N4O4. The van der Waals surface area contributed by atoms with Crippen molar-refractivity contribution in [2.45, 2.75) is 20.4 Å². The number of nitrogens with zero attached hydrogens (tertiary/aromatic N) is 3. The maximum Gasteiger partial charge on any atom is 0.373 e. The number of esters is 1. The fourth-order valence-electron chi connectivity index (χ4n) is 4.44. The Hall–Kier alpha value is -4.85. The minimum atomic E-state index is -0.517. The highest BCUT2D eigenvalue weighted by Gasteiger charge is 2.14. The third-order valence-corrected chi connectivity index (χ3v) is 6.20. The lowest BCUT2D eigenvalue weighted by atomic mass is 10.2. The van der Waals surface area contributed by atoms with Gasteiger partial charge in [0.05, 0.1) is 19.9 Å². The van der Waals surface area contributed by atoms with Crippen molar-refractivity contribution in [3.8, 4) is 5.69 Å². The molecule has 186 valence electrons. The first-order valence-electron chi connectivity index (χ1n) is 11.8. The Labute approximate surface area is 213 Å². The Balaban J connectivity index is 1.34. The van der Waals surface area contributed by atoms with E-state index in [2.05, 4.69) is 15.1 Å². The summed E-state index contributed by atoms with van der Waals surface area (Å²) in [6, 6.07) is 22.8. The summed E-state index contributed by atoms with van der Waals surface area (Å²) in [5.74, 6) is -0.0396.